The molecule has 1 saturated carbocycles. The largest absolute Gasteiger partial charge is 0.364 e. The van der Waals surface area contributed by atoms with E-state index in [9.17, 15) is 0 Å². The van der Waals surface area contributed by atoms with Crippen LogP contribution in [0.5, 0.6) is 0 Å². The Balaban J connectivity index is 1.85. The molecular weight excluding hydrogens is 212 g/mol. The van der Waals surface area contributed by atoms with Gasteiger partial charge < -0.3 is 11.1 Å². The van der Waals surface area contributed by atoms with E-state index in [0.717, 1.165) is 29.7 Å². The van der Waals surface area contributed by atoms with E-state index in [-0.39, 0.29) is 6.04 Å². The average molecular weight is 228 g/mol. The number of hydrogen-bond acceptors (Lipinski definition) is 4. The highest BCUT2D eigenvalue weighted by Gasteiger charge is 2.23. The van der Waals surface area contributed by atoms with Gasteiger partial charge in [-0.2, -0.15) is 0 Å². The van der Waals surface area contributed by atoms with Crippen LogP contribution in [0.4, 0.5) is 5.82 Å². The monoisotopic (exact) mass is 228 g/mol. The number of nitrogens with zero attached hydrogens (tertiary/aromatic N) is 2. The molecule has 2 atom stereocenters. The highest BCUT2D eigenvalue weighted by molar-refractivity contribution is 5.75. The van der Waals surface area contributed by atoms with Gasteiger partial charge in [0.2, 0.25) is 0 Å². The molecule has 0 spiro atoms. The van der Waals surface area contributed by atoms with E-state index in [1.54, 1.807) is 6.20 Å². The molecule has 1 aliphatic carbocycles. The maximum absolute atomic E-state index is 6.03. The molecule has 0 aliphatic heterocycles. The molecule has 0 amide bonds. The Morgan fingerprint density at radius 1 is 1.18 bits per heavy atom. The predicted molar refractivity (Wildman–Crippen MR) is 68.8 cm³/mol. The van der Waals surface area contributed by atoms with Crippen molar-refractivity contribution in [2.24, 2.45) is 5.73 Å². The number of nitrogens with one attached hydrogen (secondary N) is 1. The van der Waals surface area contributed by atoms with Crippen molar-refractivity contribution in [2.45, 2.75) is 31.3 Å². The van der Waals surface area contributed by atoms with Crippen LogP contribution in [0.25, 0.3) is 11.0 Å². The summed E-state index contributed by atoms with van der Waals surface area (Å²) in [6.45, 7) is 0. The minimum Gasteiger partial charge on any atom is -0.364 e. The van der Waals surface area contributed by atoms with Gasteiger partial charge in [0.25, 0.3) is 0 Å². The third kappa shape index (κ3) is 2.08. The molecule has 0 radical (unpaired) electrons. The topological polar surface area (TPSA) is 63.8 Å². The molecule has 88 valence electrons. The Bertz CT molecular complexity index is 526. The minimum atomic E-state index is 0.239. The zero-order valence-corrected chi connectivity index (χ0v) is 9.63. The summed E-state index contributed by atoms with van der Waals surface area (Å²) in [7, 11) is 0. The summed E-state index contributed by atoms with van der Waals surface area (Å²) in [5.74, 6) is 0.825. The number of anilines is 1. The number of benzene rings is 1. The third-order valence-electron chi connectivity index (χ3n) is 3.35. The standard InChI is InChI=1S/C13H16N4/c14-9-4-3-7-10(9)16-13-8-15-11-5-1-2-6-12(11)17-13/h1-2,5-6,8-10H,3-4,7,14H2,(H,16,17). The Hall–Kier alpha value is -1.68. The van der Waals surface area contributed by atoms with Crippen LogP contribution in [0.15, 0.2) is 30.5 Å². The number of nitrogens with two attached hydrogens (primary N) is 1. The average Bonchev–Trinajstić information content (AvgIpc) is 2.75. The van der Waals surface area contributed by atoms with Crippen LogP contribution in [0.1, 0.15) is 19.3 Å². The zero-order valence-electron chi connectivity index (χ0n) is 9.63. The van der Waals surface area contributed by atoms with Crippen molar-refractivity contribution in [2.75, 3.05) is 5.32 Å². The quantitative estimate of drug-likeness (QED) is 0.824. The van der Waals surface area contributed by atoms with Crippen molar-refractivity contribution in [3.8, 4) is 0 Å². The first-order valence-electron chi connectivity index (χ1n) is 6.07. The van der Waals surface area contributed by atoms with Crippen LogP contribution >= 0.6 is 0 Å². The highest BCUT2D eigenvalue weighted by Crippen LogP contribution is 2.21. The van der Waals surface area contributed by atoms with Gasteiger partial charge >= 0.3 is 0 Å². The van der Waals surface area contributed by atoms with Crippen LogP contribution in [0, 0.1) is 0 Å². The molecule has 2 aromatic rings. The maximum atomic E-state index is 6.03. The smallest absolute Gasteiger partial charge is 0.145 e. The van der Waals surface area contributed by atoms with E-state index in [0.29, 0.717) is 6.04 Å². The van der Waals surface area contributed by atoms with Crippen LogP contribution in [-0.4, -0.2) is 22.1 Å². The fourth-order valence-corrected chi connectivity index (χ4v) is 2.38. The second kappa shape index (κ2) is 4.30. The Labute approximate surface area is 100 Å². The van der Waals surface area contributed by atoms with Gasteiger partial charge in [-0.05, 0) is 31.4 Å². The summed E-state index contributed by atoms with van der Waals surface area (Å²) in [6.07, 6.45) is 5.20. The van der Waals surface area contributed by atoms with Gasteiger partial charge in [-0.3, -0.25) is 4.98 Å². The summed E-state index contributed by atoms with van der Waals surface area (Å²) >= 11 is 0. The van der Waals surface area contributed by atoms with Crippen molar-refractivity contribution < 1.29 is 0 Å². The van der Waals surface area contributed by atoms with Gasteiger partial charge in [0.15, 0.2) is 0 Å². The molecule has 4 heteroatoms. The van der Waals surface area contributed by atoms with Gasteiger partial charge in [0.1, 0.15) is 5.82 Å². The summed E-state index contributed by atoms with van der Waals surface area (Å²) in [5, 5.41) is 3.38. The van der Waals surface area contributed by atoms with E-state index in [1.807, 2.05) is 24.3 Å². The van der Waals surface area contributed by atoms with Crippen LogP contribution < -0.4 is 11.1 Å². The van der Waals surface area contributed by atoms with E-state index in [4.69, 9.17) is 5.73 Å². The summed E-state index contributed by atoms with van der Waals surface area (Å²) in [4.78, 5) is 8.93. The van der Waals surface area contributed by atoms with Gasteiger partial charge in [-0.1, -0.05) is 12.1 Å². The van der Waals surface area contributed by atoms with E-state index < -0.39 is 0 Å². The van der Waals surface area contributed by atoms with Gasteiger partial charge in [-0.15, -0.1) is 0 Å². The first kappa shape index (κ1) is 10.5. The van der Waals surface area contributed by atoms with Crippen molar-refractivity contribution in [3.63, 3.8) is 0 Å². The number of rotatable bonds is 2. The van der Waals surface area contributed by atoms with Crippen molar-refractivity contribution in [1.82, 2.24) is 9.97 Å². The molecule has 17 heavy (non-hydrogen) atoms. The SMILES string of the molecule is NC1CCCC1Nc1cnc2ccccc2n1. The highest BCUT2D eigenvalue weighted by atomic mass is 15.1. The molecule has 1 fully saturated rings. The summed E-state index contributed by atoms with van der Waals surface area (Å²) in [5.41, 5.74) is 7.87. The minimum absolute atomic E-state index is 0.239. The molecule has 2 unspecified atom stereocenters. The second-order valence-corrected chi connectivity index (χ2v) is 4.59. The Morgan fingerprint density at radius 2 is 2.00 bits per heavy atom. The van der Waals surface area contributed by atoms with E-state index in [2.05, 4.69) is 15.3 Å². The molecule has 1 aromatic carbocycles. The van der Waals surface area contributed by atoms with E-state index >= 15 is 0 Å². The molecule has 1 aliphatic rings. The fraction of sp³-hybridized carbons (Fsp3) is 0.385. The van der Waals surface area contributed by atoms with Crippen LogP contribution in [-0.2, 0) is 0 Å². The first-order chi connectivity index (χ1) is 8.33. The molecule has 1 aromatic heterocycles. The molecule has 0 bridgehead atoms. The molecule has 4 nitrogen and oxygen atoms in total. The number of aromatic nitrogens is 2. The molecule has 1 heterocycles. The Morgan fingerprint density at radius 3 is 2.76 bits per heavy atom. The normalized spacial score (nSPS) is 24.1. The van der Waals surface area contributed by atoms with Crippen molar-refractivity contribution in [3.05, 3.63) is 30.5 Å². The zero-order chi connectivity index (χ0) is 11.7. The lowest BCUT2D eigenvalue weighted by Gasteiger charge is -2.17. The maximum Gasteiger partial charge on any atom is 0.145 e. The predicted octanol–water partition coefficient (Wildman–Crippen LogP) is 1.92. The molecule has 3 rings (SSSR count). The van der Waals surface area contributed by atoms with Crippen molar-refractivity contribution >= 4 is 16.9 Å². The first-order valence-corrected chi connectivity index (χ1v) is 6.07. The third-order valence-corrected chi connectivity index (χ3v) is 3.35. The summed E-state index contributed by atoms with van der Waals surface area (Å²) < 4.78 is 0. The Kier molecular flexibility index (Phi) is 2.65. The number of hydrogen-bond donors (Lipinski definition) is 2. The lowest BCUT2D eigenvalue weighted by atomic mass is 10.2. The fourth-order valence-electron chi connectivity index (χ4n) is 2.38. The molecule has 0 saturated heterocycles. The number of fused-ring (bicyclic) bond motifs is 1. The second-order valence-electron chi connectivity index (χ2n) is 4.59. The van der Waals surface area contributed by atoms with E-state index in [1.165, 1.54) is 6.42 Å². The van der Waals surface area contributed by atoms with Gasteiger partial charge in [-0.25, -0.2) is 4.98 Å². The molecule has 3 N–H and O–H groups in total. The summed E-state index contributed by atoms with van der Waals surface area (Å²) in [6, 6.07) is 8.46. The number of para-hydroxylation sites is 2. The lowest BCUT2D eigenvalue weighted by molar-refractivity contribution is 0.635. The lowest BCUT2D eigenvalue weighted by Crippen LogP contribution is -2.35. The van der Waals surface area contributed by atoms with Crippen molar-refractivity contribution in [1.29, 1.82) is 0 Å². The van der Waals surface area contributed by atoms with Gasteiger partial charge in [0.05, 0.1) is 17.2 Å². The van der Waals surface area contributed by atoms with Gasteiger partial charge in [0, 0.05) is 12.1 Å². The van der Waals surface area contributed by atoms with Crippen LogP contribution in [0.3, 0.4) is 0 Å². The van der Waals surface area contributed by atoms with Crippen LogP contribution in [0.2, 0.25) is 0 Å². The molecular formula is C13H16N4.